The minimum Gasteiger partial charge on any atom is -0.478 e. The predicted molar refractivity (Wildman–Crippen MR) is 71.2 cm³/mol. The van der Waals surface area contributed by atoms with Crippen molar-refractivity contribution in [3.05, 3.63) is 54.1 Å². The molecule has 102 valence electrons. The molecule has 0 unspecified atom stereocenters. The average Bonchev–Trinajstić information content (AvgIpc) is 2.39. The molecule has 5 heteroatoms. The Bertz CT molecular complexity index is 634. The maximum atomic E-state index is 11.0. The number of carbonyl (C=O) groups excluding carboxylic acids is 1. The largest absolute Gasteiger partial charge is 0.478 e. The summed E-state index contributed by atoms with van der Waals surface area (Å²) in [6.45, 7) is 1.20. The van der Waals surface area contributed by atoms with Crippen LogP contribution in [0.1, 0.15) is 17.3 Å². The molecule has 0 spiro atoms. The summed E-state index contributed by atoms with van der Waals surface area (Å²) in [5.41, 5.74) is -0.0967. The minimum atomic E-state index is -1.17. The maximum absolute atomic E-state index is 11.0. The van der Waals surface area contributed by atoms with E-state index >= 15 is 0 Å². The van der Waals surface area contributed by atoms with Gasteiger partial charge >= 0.3 is 11.9 Å². The maximum Gasteiger partial charge on any atom is 0.339 e. The van der Waals surface area contributed by atoms with Gasteiger partial charge in [-0.05, 0) is 24.3 Å². The summed E-state index contributed by atoms with van der Waals surface area (Å²) >= 11 is 0. The Labute approximate surface area is 115 Å². The fraction of sp³-hybridized carbons (Fsp3) is 0.0667. The first-order valence-corrected chi connectivity index (χ1v) is 5.85. The monoisotopic (exact) mass is 272 g/mol. The number of benzene rings is 2. The molecule has 1 N–H and O–H groups in total. The van der Waals surface area contributed by atoms with Crippen LogP contribution in [0, 0.1) is 0 Å². The van der Waals surface area contributed by atoms with Crippen molar-refractivity contribution in [1.29, 1.82) is 0 Å². The van der Waals surface area contributed by atoms with Gasteiger partial charge in [0.05, 0.1) is 0 Å². The zero-order valence-corrected chi connectivity index (χ0v) is 10.7. The molecular weight excluding hydrogens is 260 g/mol. The third-order valence-electron chi connectivity index (χ3n) is 2.42. The summed E-state index contributed by atoms with van der Waals surface area (Å²) in [6, 6.07) is 13.2. The molecule has 0 amide bonds. The van der Waals surface area contributed by atoms with Crippen LogP contribution in [-0.4, -0.2) is 17.0 Å². The van der Waals surface area contributed by atoms with E-state index in [2.05, 4.69) is 0 Å². The number of esters is 1. The van der Waals surface area contributed by atoms with Crippen molar-refractivity contribution in [1.82, 2.24) is 0 Å². The second-order valence-corrected chi connectivity index (χ2v) is 3.97. The molecule has 0 aliphatic heterocycles. The van der Waals surface area contributed by atoms with Crippen LogP contribution in [0.2, 0.25) is 0 Å². The molecule has 0 bridgehead atoms. The molecule has 0 fully saturated rings. The zero-order valence-electron chi connectivity index (χ0n) is 10.7. The van der Waals surface area contributed by atoms with Gasteiger partial charge in [-0.3, -0.25) is 4.79 Å². The lowest BCUT2D eigenvalue weighted by Crippen LogP contribution is -2.07. The number of hydrogen-bond acceptors (Lipinski definition) is 4. The molecule has 0 radical (unpaired) electrons. The van der Waals surface area contributed by atoms with Crippen molar-refractivity contribution in [2.75, 3.05) is 0 Å². The van der Waals surface area contributed by atoms with Crippen LogP contribution in [0.15, 0.2) is 48.5 Å². The fourth-order valence-electron chi connectivity index (χ4n) is 1.61. The van der Waals surface area contributed by atoms with E-state index in [0.29, 0.717) is 11.5 Å². The fourth-order valence-corrected chi connectivity index (χ4v) is 1.61. The van der Waals surface area contributed by atoms with E-state index in [1.54, 1.807) is 12.1 Å². The first-order chi connectivity index (χ1) is 9.56. The summed E-state index contributed by atoms with van der Waals surface area (Å²) in [6.07, 6.45) is 0. The Hall–Kier alpha value is -2.82. The molecule has 0 saturated carbocycles. The number of carbonyl (C=O) groups is 2. The Kier molecular flexibility index (Phi) is 4.00. The molecule has 5 nitrogen and oxygen atoms in total. The molecule has 2 aromatic rings. The first kappa shape index (κ1) is 13.6. The van der Waals surface area contributed by atoms with Crippen molar-refractivity contribution in [3.63, 3.8) is 0 Å². The number of para-hydroxylation sites is 1. The zero-order chi connectivity index (χ0) is 14.5. The highest BCUT2D eigenvalue weighted by atomic mass is 16.5. The molecule has 0 aliphatic rings. The smallest absolute Gasteiger partial charge is 0.339 e. The Balaban J connectivity index is 2.31. The van der Waals surface area contributed by atoms with Gasteiger partial charge in [-0.25, -0.2) is 4.79 Å². The van der Waals surface area contributed by atoms with Gasteiger partial charge in [0.2, 0.25) is 0 Å². The molecule has 0 heterocycles. The highest BCUT2D eigenvalue weighted by Gasteiger charge is 2.14. The van der Waals surface area contributed by atoms with Crippen LogP contribution in [0.4, 0.5) is 0 Å². The molecule has 2 aromatic carbocycles. The summed E-state index contributed by atoms with van der Waals surface area (Å²) < 4.78 is 10.4. The van der Waals surface area contributed by atoms with Gasteiger partial charge in [0.15, 0.2) is 0 Å². The summed E-state index contributed by atoms with van der Waals surface area (Å²) in [7, 11) is 0. The Morgan fingerprint density at radius 3 is 2.30 bits per heavy atom. The van der Waals surface area contributed by atoms with Gasteiger partial charge in [-0.15, -0.1) is 0 Å². The van der Waals surface area contributed by atoms with E-state index in [4.69, 9.17) is 14.6 Å². The van der Waals surface area contributed by atoms with Gasteiger partial charge < -0.3 is 14.6 Å². The van der Waals surface area contributed by atoms with Crippen molar-refractivity contribution in [2.45, 2.75) is 6.92 Å². The van der Waals surface area contributed by atoms with Crippen LogP contribution in [0.5, 0.6) is 17.2 Å². The highest BCUT2D eigenvalue weighted by Crippen LogP contribution is 2.28. The third-order valence-corrected chi connectivity index (χ3v) is 2.42. The topological polar surface area (TPSA) is 72.8 Å². The van der Waals surface area contributed by atoms with Crippen LogP contribution >= 0.6 is 0 Å². The lowest BCUT2D eigenvalue weighted by molar-refractivity contribution is -0.131. The summed E-state index contributed by atoms with van der Waals surface area (Å²) in [4.78, 5) is 22.0. The molecule has 2 rings (SSSR count). The lowest BCUT2D eigenvalue weighted by atomic mass is 10.2. The van der Waals surface area contributed by atoms with E-state index < -0.39 is 11.9 Å². The number of ether oxygens (including phenoxy) is 2. The van der Waals surface area contributed by atoms with E-state index in [1.807, 2.05) is 18.2 Å². The van der Waals surface area contributed by atoms with E-state index in [1.165, 1.54) is 25.1 Å². The highest BCUT2D eigenvalue weighted by molar-refractivity contribution is 5.92. The van der Waals surface area contributed by atoms with Crippen molar-refractivity contribution in [3.8, 4) is 17.2 Å². The molecule has 0 saturated heterocycles. The van der Waals surface area contributed by atoms with Gasteiger partial charge in [-0.2, -0.15) is 0 Å². The minimum absolute atomic E-state index is 0.0431. The van der Waals surface area contributed by atoms with Crippen LogP contribution < -0.4 is 9.47 Å². The number of carboxylic acid groups (broad SMARTS) is 1. The van der Waals surface area contributed by atoms with Gasteiger partial charge in [0, 0.05) is 13.0 Å². The summed E-state index contributed by atoms with van der Waals surface area (Å²) in [5.74, 6) is -0.822. The van der Waals surface area contributed by atoms with Crippen LogP contribution in [-0.2, 0) is 4.79 Å². The van der Waals surface area contributed by atoms with Gasteiger partial charge in [-0.1, -0.05) is 18.2 Å². The first-order valence-electron chi connectivity index (χ1n) is 5.85. The van der Waals surface area contributed by atoms with E-state index in [0.717, 1.165) is 0 Å². The second-order valence-electron chi connectivity index (χ2n) is 3.97. The Morgan fingerprint density at radius 2 is 1.70 bits per heavy atom. The molecular formula is C15H12O5. The SMILES string of the molecule is CC(=O)Oc1cc(Oc2ccccc2)ccc1C(=O)O. The molecule has 20 heavy (non-hydrogen) atoms. The number of carboxylic acids is 1. The average molecular weight is 272 g/mol. The molecule has 0 aliphatic carbocycles. The van der Waals surface area contributed by atoms with Crippen molar-refractivity contribution in [2.24, 2.45) is 0 Å². The van der Waals surface area contributed by atoms with Crippen LogP contribution in [0.3, 0.4) is 0 Å². The molecule has 0 atom stereocenters. The quantitative estimate of drug-likeness (QED) is 0.684. The summed E-state index contributed by atoms with van der Waals surface area (Å²) in [5, 5.41) is 9.03. The second kappa shape index (κ2) is 5.88. The lowest BCUT2D eigenvalue weighted by Gasteiger charge is -2.09. The van der Waals surface area contributed by atoms with Crippen molar-refractivity contribution < 1.29 is 24.2 Å². The third kappa shape index (κ3) is 3.35. The van der Waals surface area contributed by atoms with Crippen molar-refractivity contribution >= 4 is 11.9 Å². The van der Waals surface area contributed by atoms with E-state index in [9.17, 15) is 9.59 Å². The molecule has 0 aromatic heterocycles. The number of hydrogen-bond donors (Lipinski definition) is 1. The predicted octanol–water partition coefficient (Wildman–Crippen LogP) is 3.10. The standard InChI is InChI=1S/C15H12O5/c1-10(16)19-14-9-12(7-8-13(14)15(17)18)20-11-5-3-2-4-6-11/h2-9H,1H3,(H,17,18). The normalized spacial score (nSPS) is 9.85. The number of aromatic carboxylic acids is 1. The van der Waals surface area contributed by atoms with E-state index in [-0.39, 0.29) is 11.3 Å². The van der Waals surface area contributed by atoms with Gasteiger partial charge in [0.25, 0.3) is 0 Å². The van der Waals surface area contributed by atoms with Gasteiger partial charge in [0.1, 0.15) is 22.8 Å². The Morgan fingerprint density at radius 1 is 1.00 bits per heavy atom. The number of rotatable bonds is 4. The van der Waals surface area contributed by atoms with Crippen LogP contribution in [0.25, 0.3) is 0 Å².